The van der Waals surface area contributed by atoms with Crippen LogP contribution in [-0.2, 0) is 12.8 Å². The minimum atomic E-state index is 0.637. The van der Waals surface area contributed by atoms with E-state index in [2.05, 4.69) is 48.5 Å². The summed E-state index contributed by atoms with van der Waals surface area (Å²) in [4.78, 5) is 0. The molecule has 1 aliphatic carbocycles. The van der Waals surface area contributed by atoms with Crippen LogP contribution in [0.2, 0.25) is 0 Å². The highest BCUT2D eigenvalue weighted by Crippen LogP contribution is 2.35. The molecule has 17 heavy (non-hydrogen) atoms. The highest BCUT2D eigenvalue weighted by atomic mass is 16.5. The van der Waals surface area contributed by atoms with Crippen LogP contribution >= 0.6 is 0 Å². The fourth-order valence-corrected chi connectivity index (χ4v) is 2.68. The maximum Gasteiger partial charge on any atom is 0.119 e. The van der Waals surface area contributed by atoms with Crippen LogP contribution in [0, 0.1) is 0 Å². The second-order valence-electron chi connectivity index (χ2n) is 4.65. The van der Waals surface area contributed by atoms with Gasteiger partial charge in [0.15, 0.2) is 0 Å². The second kappa shape index (κ2) is 4.25. The lowest BCUT2D eigenvalue weighted by molar-refractivity contribution is 0.414. The van der Waals surface area contributed by atoms with Gasteiger partial charge < -0.3 is 4.74 Å². The molecule has 0 spiro atoms. The van der Waals surface area contributed by atoms with Gasteiger partial charge in [-0.1, -0.05) is 36.4 Å². The number of ether oxygens (including phenoxy) is 1. The monoisotopic (exact) mass is 224 g/mol. The van der Waals surface area contributed by atoms with Crippen molar-refractivity contribution >= 4 is 0 Å². The van der Waals surface area contributed by atoms with E-state index in [-0.39, 0.29) is 0 Å². The van der Waals surface area contributed by atoms with Crippen molar-refractivity contribution in [3.05, 3.63) is 65.2 Å². The molecular weight excluding hydrogens is 208 g/mol. The van der Waals surface area contributed by atoms with Gasteiger partial charge in [0, 0.05) is 0 Å². The SMILES string of the molecule is COc1ccc2c(c1)CC(c1ccccc1)C2. The van der Waals surface area contributed by atoms with Gasteiger partial charge in [-0.15, -0.1) is 0 Å². The van der Waals surface area contributed by atoms with Crippen LogP contribution < -0.4 is 4.74 Å². The van der Waals surface area contributed by atoms with Crippen molar-refractivity contribution in [2.75, 3.05) is 7.11 Å². The van der Waals surface area contributed by atoms with E-state index in [9.17, 15) is 0 Å². The van der Waals surface area contributed by atoms with Gasteiger partial charge in [-0.3, -0.25) is 0 Å². The first-order valence-corrected chi connectivity index (χ1v) is 6.07. The Morgan fingerprint density at radius 1 is 0.941 bits per heavy atom. The summed E-state index contributed by atoms with van der Waals surface area (Å²) in [5.41, 5.74) is 4.36. The Balaban J connectivity index is 1.88. The third-order valence-electron chi connectivity index (χ3n) is 3.62. The smallest absolute Gasteiger partial charge is 0.119 e. The molecular formula is C16H16O. The van der Waals surface area contributed by atoms with E-state index in [0.29, 0.717) is 5.92 Å². The quantitative estimate of drug-likeness (QED) is 0.757. The molecule has 0 bridgehead atoms. The van der Waals surface area contributed by atoms with Crippen molar-refractivity contribution in [3.8, 4) is 5.75 Å². The molecule has 1 nitrogen and oxygen atoms in total. The Bertz CT molecular complexity index is 516. The third kappa shape index (κ3) is 1.93. The zero-order chi connectivity index (χ0) is 11.7. The molecule has 2 aromatic rings. The summed E-state index contributed by atoms with van der Waals surface area (Å²) in [6, 6.07) is 17.2. The van der Waals surface area contributed by atoms with Gasteiger partial charge in [0.05, 0.1) is 7.11 Å². The van der Waals surface area contributed by atoms with Crippen molar-refractivity contribution in [2.24, 2.45) is 0 Å². The molecule has 0 fully saturated rings. The summed E-state index contributed by atoms with van der Waals surface area (Å²) in [6.07, 6.45) is 2.29. The Kier molecular flexibility index (Phi) is 2.60. The lowest BCUT2D eigenvalue weighted by Crippen LogP contribution is -1.96. The van der Waals surface area contributed by atoms with Crippen LogP contribution in [-0.4, -0.2) is 7.11 Å². The zero-order valence-electron chi connectivity index (χ0n) is 10.0. The molecule has 1 aliphatic rings. The van der Waals surface area contributed by atoms with E-state index in [1.807, 2.05) is 0 Å². The first kappa shape index (κ1) is 10.4. The van der Waals surface area contributed by atoms with Gasteiger partial charge in [0.25, 0.3) is 0 Å². The van der Waals surface area contributed by atoms with Crippen LogP contribution in [0.5, 0.6) is 5.75 Å². The zero-order valence-corrected chi connectivity index (χ0v) is 10.0. The fourth-order valence-electron chi connectivity index (χ4n) is 2.68. The van der Waals surface area contributed by atoms with Gasteiger partial charge in [-0.25, -0.2) is 0 Å². The summed E-state index contributed by atoms with van der Waals surface area (Å²) in [5, 5.41) is 0. The predicted octanol–water partition coefficient (Wildman–Crippen LogP) is 3.58. The van der Waals surface area contributed by atoms with E-state index >= 15 is 0 Å². The number of methoxy groups -OCH3 is 1. The maximum atomic E-state index is 5.28. The van der Waals surface area contributed by atoms with E-state index < -0.39 is 0 Å². The summed E-state index contributed by atoms with van der Waals surface area (Å²) >= 11 is 0. The van der Waals surface area contributed by atoms with Crippen LogP contribution in [0.4, 0.5) is 0 Å². The Morgan fingerprint density at radius 2 is 1.71 bits per heavy atom. The number of hydrogen-bond donors (Lipinski definition) is 0. The van der Waals surface area contributed by atoms with E-state index in [1.54, 1.807) is 7.11 Å². The Morgan fingerprint density at radius 3 is 2.47 bits per heavy atom. The van der Waals surface area contributed by atoms with Crippen molar-refractivity contribution < 1.29 is 4.74 Å². The van der Waals surface area contributed by atoms with Crippen LogP contribution in [0.25, 0.3) is 0 Å². The molecule has 0 aliphatic heterocycles. The lowest BCUT2D eigenvalue weighted by atomic mass is 9.96. The number of rotatable bonds is 2. The van der Waals surface area contributed by atoms with Gasteiger partial charge >= 0.3 is 0 Å². The number of hydrogen-bond acceptors (Lipinski definition) is 1. The average Bonchev–Trinajstić information content (AvgIpc) is 2.82. The molecule has 3 rings (SSSR count). The predicted molar refractivity (Wildman–Crippen MR) is 69.6 cm³/mol. The molecule has 1 unspecified atom stereocenters. The van der Waals surface area contributed by atoms with Crippen LogP contribution in [0.3, 0.4) is 0 Å². The van der Waals surface area contributed by atoms with Crippen LogP contribution in [0.15, 0.2) is 48.5 Å². The Hall–Kier alpha value is -1.76. The first-order chi connectivity index (χ1) is 8.36. The summed E-state index contributed by atoms with van der Waals surface area (Å²) < 4.78 is 5.28. The van der Waals surface area contributed by atoms with Crippen molar-refractivity contribution in [2.45, 2.75) is 18.8 Å². The largest absolute Gasteiger partial charge is 0.497 e. The molecule has 1 atom stereocenters. The average molecular weight is 224 g/mol. The molecule has 0 aromatic heterocycles. The topological polar surface area (TPSA) is 9.23 Å². The lowest BCUT2D eigenvalue weighted by Gasteiger charge is -2.08. The second-order valence-corrected chi connectivity index (χ2v) is 4.65. The highest BCUT2D eigenvalue weighted by molar-refractivity contribution is 5.42. The third-order valence-corrected chi connectivity index (χ3v) is 3.62. The molecule has 0 saturated heterocycles. The fraction of sp³-hybridized carbons (Fsp3) is 0.250. The molecule has 0 saturated carbocycles. The van der Waals surface area contributed by atoms with Crippen molar-refractivity contribution in [1.82, 2.24) is 0 Å². The Labute approximate surface area is 102 Å². The van der Waals surface area contributed by atoms with E-state index in [0.717, 1.165) is 18.6 Å². The first-order valence-electron chi connectivity index (χ1n) is 6.07. The van der Waals surface area contributed by atoms with Gasteiger partial charge in [-0.05, 0) is 47.6 Å². The number of benzene rings is 2. The minimum Gasteiger partial charge on any atom is -0.497 e. The summed E-state index contributed by atoms with van der Waals surface area (Å²) in [7, 11) is 1.73. The van der Waals surface area contributed by atoms with E-state index in [1.165, 1.54) is 16.7 Å². The van der Waals surface area contributed by atoms with Gasteiger partial charge in [0.2, 0.25) is 0 Å². The standard InChI is InChI=1S/C16H16O/c1-17-16-8-7-13-9-14(10-15(13)11-16)12-5-3-2-4-6-12/h2-8,11,14H,9-10H2,1H3. The summed E-state index contributed by atoms with van der Waals surface area (Å²) in [5.74, 6) is 1.61. The highest BCUT2D eigenvalue weighted by Gasteiger charge is 2.22. The maximum absolute atomic E-state index is 5.28. The minimum absolute atomic E-state index is 0.637. The molecule has 0 heterocycles. The number of fused-ring (bicyclic) bond motifs is 1. The van der Waals surface area contributed by atoms with Gasteiger partial charge in [-0.2, -0.15) is 0 Å². The van der Waals surface area contributed by atoms with Crippen molar-refractivity contribution in [3.63, 3.8) is 0 Å². The van der Waals surface area contributed by atoms with Crippen molar-refractivity contribution in [1.29, 1.82) is 0 Å². The molecule has 1 heteroatoms. The molecule has 0 amide bonds. The molecule has 0 N–H and O–H groups in total. The normalized spacial score (nSPS) is 17.8. The van der Waals surface area contributed by atoms with Gasteiger partial charge in [0.1, 0.15) is 5.75 Å². The van der Waals surface area contributed by atoms with Crippen LogP contribution in [0.1, 0.15) is 22.6 Å². The molecule has 2 aromatic carbocycles. The molecule has 86 valence electrons. The molecule has 0 radical (unpaired) electrons. The summed E-state index contributed by atoms with van der Waals surface area (Å²) in [6.45, 7) is 0. The van der Waals surface area contributed by atoms with E-state index in [4.69, 9.17) is 4.74 Å².